The maximum absolute atomic E-state index is 11.4. The highest BCUT2D eigenvalue weighted by molar-refractivity contribution is 6.42. The van der Waals surface area contributed by atoms with Crippen molar-refractivity contribution in [2.45, 2.75) is 13.0 Å². The van der Waals surface area contributed by atoms with E-state index in [0.29, 0.717) is 0 Å². The third kappa shape index (κ3) is 2.90. The number of nitrogens with one attached hydrogen (secondary N) is 1. The molecule has 21 heavy (non-hydrogen) atoms. The topological polar surface area (TPSA) is 102 Å². The van der Waals surface area contributed by atoms with Crippen LogP contribution >= 0.6 is 23.2 Å². The summed E-state index contributed by atoms with van der Waals surface area (Å²) in [6.07, 6.45) is 0. The van der Waals surface area contributed by atoms with Gasteiger partial charge in [-0.1, -0.05) is 23.2 Å². The van der Waals surface area contributed by atoms with E-state index >= 15 is 0 Å². The lowest BCUT2D eigenvalue weighted by Gasteiger charge is -2.26. The molecule has 1 aliphatic heterocycles. The molecule has 0 spiro atoms. The highest BCUT2D eigenvalue weighted by atomic mass is 35.5. The maximum atomic E-state index is 11.4. The molecule has 9 heteroatoms. The van der Waals surface area contributed by atoms with Gasteiger partial charge in [0.2, 0.25) is 0 Å². The number of hydrogen-bond acceptors (Lipinski definition) is 5. The van der Waals surface area contributed by atoms with Gasteiger partial charge < -0.3 is 15.2 Å². The zero-order valence-corrected chi connectivity index (χ0v) is 12.4. The lowest BCUT2D eigenvalue weighted by atomic mass is 9.85. The summed E-state index contributed by atoms with van der Waals surface area (Å²) in [5.74, 6) is -1.04. The summed E-state index contributed by atoms with van der Waals surface area (Å²) in [6, 6.07) is 1.81. The van der Waals surface area contributed by atoms with Gasteiger partial charge in [0.05, 0.1) is 34.2 Å². The molecule has 2 unspecified atom stereocenters. The molecule has 1 aromatic rings. The summed E-state index contributed by atoms with van der Waals surface area (Å²) in [7, 11) is 0. The lowest BCUT2D eigenvalue weighted by Crippen LogP contribution is -2.43. The molecule has 1 saturated heterocycles. The van der Waals surface area contributed by atoms with Crippen LogP contribution in [-0.2, 0) is 9.53 Å². The first-order valence-corrected chi connectivity index (χ1v) is 6.72. The van der Waals surface area contributed by atoms with E-state index in [4.69, 9.17) is 27.9 Å². The monoisotopic (exact) mass is 334 g/mol. The van der Waals surface area contributed by atoms with Gasteiger partial charge in [-0.2, -0.15) is 0 Å². The Kier molecular flexibility index (Phi) is 4.27. The standard InChI is InChI=1S/C12H12Cl2N2O5/c1-12(11(17)18)5-21-4-10(12)15-8-2-6(13)7(14)3-9(8)16(19)20/h2-3,10,15H,4-5H2,1H3,(H,17,18). The third-order valence-corrected chi connectivity index (χ3v) is 4.23. The second kappa shape index (κ2) is 5.67. The molecule has 1 aromatic carbocycles. The van der Waals surface area contributed by atoms with Crippen molar-refractivity contribution in [3.8, 4) is 0 Å². The minimum absolute atomic E-state index is 0.0229. The predicted molar refractivity (Wildman–Crippen MR) is 77.1 cm³/mol. The van der Waals surface area contributed by atoms with Crippen molar-refractivity contribution >= 4 is 40.5 Å². The molecule has 1 heterocycles. The van der Waals surface area contributed by atoms with Crippen molar-refractivity contribution in [3.05, 3.63) is 32.3 Å². The molecule has 0 aliphatic carbocycles. The van der Waals surface area contributed by atoms with Crippen LogP contribution in [0.15, 0.2) is 12.1 Å². The van der Waals surface area contributed by atoms with Crippen molar-refractivity contribution in [3.63, 3.8) is 0 Å². The van der Waals surface area contributed by atoms with Crippen LogP contribution in [0, 0.1) is 15.5 Å². The van der Waals surface area contributed by atoms with Crippen LogP contribution in [0.1, 0.15) is 6.92 Å². The maximum Gasteiger partial charge on any atom is 0.313 e. The summed E-state index contributed by atoms with van der Waals surface area (Å²) in [4.78, 5) is 21.8. The van der Waals surface area contributed by atoms with Crippen molar-refractivity contribution < 1.29 is 19.6 Å². The molecule has 2 atom stereocenters. The van der Waals surface area contributed by atoms with Crippen LogP contribution in [0.4, 0.5) is 11.4 Å². The molecule has 114 valence electrons. The Morgan fingerprint density at radius 1 is 1.52 bits per heavy atom. The summed E-state index contributed by atoms with van der Waals surface area (Å²) in [6.45, 7) is 1.67. The average molecular weight is 335 g/mol. The number of aliphatic carboxylic acids is 1. The van der Waals surface area contributed by atoms with E-state index < -0.39 is 22.3 Å². The summed E-state index contributed by atoms with van der Waals surface area (Å²) in [5.41, 5.74) is -1.35. The number of carboxylic acid groups (broad SMARTS) is 1. The van der Waals surface area contributed by atoms with Gasteiger partial charge in [-0.25, -0.2) is 0 Å². The van der Waals surface area contributed by atoms with Gasteiger partial charge in [-0.15, -0.1) is 0 Å². The summed E-state index contributed by atoms with van der Waals surface area (Å²) < 4.78 is 5.19. The van der Waals surface area contributed by atoms with Crippen molar-refractivity contribution in [2.24, 2.45) is 5.41 Å². The number of ether oxygens (including phenoxy) is 1. The minimum atomic E-state index is -1.18. The van der Waals surface area contributed by atoms with E-state index in [0.717, 1.165) is 6.07 Å². The number of halogens is 2. The normalized spacial score (nSPS) is 24.8. The number of rotatable bonds is 4. The third-order valence-electron chi connectivity index (χ3n) is 3.51. The van der Waals surface area contributed by atoms with E-state index in [-0.39, 0.29) is 34.6 Å². The summed E-state index contributed by atoms with van der Waals surface area (Å²) >= 11 is 11.6. The largest absolute Gasteiger partial charge is 0.481 e. The first kappa shape index (κ1) is 15.8. The second-order valence-electron chi connectivity index (χ2n) is 4.98. The van der Waals surface area contributed by atoms with E-state index in [2.05, 4.69) is 5.32 Å². The van der Waals surface area contributed by atoms with Gasteiger partial charge in [-0.3, -0.25) is 14.9 Å². The molecule has 0 saturated carbocycles. The van der Waals surface area contributed by atoms with Gasteiger partial charge in [0.15, 0.2) is 0 Å². The number of benzene rings is 1. The van der Waals surface area contributed by atoms with Crippen LogP contribution in [0.25, 0.3) is 0 Å². The fourth-order valence-electron chi connectivity index (χ4n) is 2.08. The summed E-state index contributed by atoms with van der Waals surface area (Å²) in [5, 5.41) is 23.4. The molecule has 1 aliphatic rings. The number of nitrogens with zero attached hydrogens (tertiary/aromatic N) is 1. The first-order valence-electron chi connectivity index (χ1n) is 5.97. The van der Waals surface area contributed by atoms with Crippen molar-refractivity contribution in [2.75, 3.05) is 18.5 Å². The SMILES string of the molecule is CC1(C(=O)O)COCC1Nc1cc(Cl)c(Cl)cc1[N+](=O)[O-]. The number of nitro groups is 1. The molecule has 0 amide bonds. The Bertz CT molecular complexity index is 610. The smallest absolute Gasteiger partial charge is 0.313 e. The molecule has 2 N–H and O–H groups in total. The van der Waals surface area contributed by atoms with Gasteiger partial charge in [0, 0.05) is 6.07 Å². The highest BCUT2D eigenvalue weighted by Crippen LogP contribution is 2.37. The molecular weight excluding hydrogens is 323 g/mol. The minimum Gasteiger partial charge on any atom is -0.481 e. The van der Waals surface area contributed by atoms with Gasteiger partial charge in [0.25, 0.3) is 5.69 Å². The van der Waals surface area contributed by atoms with E-state index in [1.807, 2.05) is 0 Å². The van der Waals surface area contributed by atoms with E-state index in [1.165, 1.54) is 13.0 Å². The van der Waals surface area contributed by atoms with Crippen LogP contribution < -0.4 is 5.32 Å². The van der Waals surface area contributed by atoms with Crippen LogP contribution in [0.5, 0.6) is 0 Å². The Morgan fingerprint density at radius 3 is 2.71 bits per heavy atom. The Morgan fingerprint density at radius 2 is 2.14 bits per heavy atom. The fourth-order valence-corrected chi connectivity index (χ4v) is 2.40. The molecule has 0 aromatic heterocycles. The van der Waals surface area contributed by atoms with Gasteiger partial charge in [0.1, 0.15) is 11.1 Å². The molecule has 7 nitrogen and oxygen atoms in total. The zero-order chi connectivity index (χ0) is 15.8. The van der Waals surface area contributed by atoms with Crippen LogP contribution in [-0.4, -0.2) is 35.3 Å². The number of nitro benzene ring substituents is 1. The Labute approximate surface area is 129 Å². The van der Waals surface area contributed by atoms with Crippen LogP contribution in [0.2, 0.25) is 10.0 Å². The second-order valence-corrected chi connectivity index (χ2v) is 5.79. The quantitative estimate of drug-likeness (QED) is 0.648. The Balaban J connectivity index is 2.37. The predicted octanol–water partition coefficient (Wildman–Crippen LogP) is 2.80. The number of carboxylic acids is 1. The fraction of sp³-hybridized carbons (Fsp3) is 0.417. The van der Waals surface area contributed by atoms with E-state index in [1.54, 1.807) is 0 Å². The number of carbonyl (C=O) groups is 1. The highest BCUT2D eigenvalue weighted by Gasteiger charge is 2.47. The van der Waals surface area contributed by atoms with Crippen LogP contribution in [0.3, 0.4) is 0 Å². The van der Waals surface area contributed by atoms with Gasteiger partial charge in [-0.05, 0) is 13.0 Å². The first-order chi connectivity index (χ1) is 9.75. The molecule has 0 radical (unpaired) electrons. The number of hydrogen-bond donors (Lipinski definition) is 2. The molecule has 1 fully saturated rings. The van der Waals surface area contributed by atoms with Gasteiger partial charge >= 0.3 is 5.97 Å². The van der Waals surface area contributed by atoms with E-state index in [9.17, 15) is 20.0 Å². The molecule has 0 bridgehead atoms. The number of anilines is 1. The Hall–Kier alpha value is -1.57. The average Bonchev–Trinajstić information content (AvgIpc) is 2.76. The molecule has 2 rings (SSSR count). The van der Waals surface area contributed by atoms with Crippen molar-refractivity contribution in [1.29, 1.82) is 0 Å². The zero-order valence-electron chi connectivity index (χ0n) is 10.9. The lowest BCUT2D eigenvalue weighted by molar-refractivity contribution is -0.384. The molecular formula is C12H12Cl2N2O5. The van der Waals surface area contributed by atoms with Crippen molar-refractivity contribution in [1.82, 2.24) is 0 Å².